The van der Waals surface area contributed by atoms with E-state index >= 15 is 0 Å². The molecule has 2 bridgehead atoms. The number of nitrogens with zero attached hydrogens (tertiary/aromatic N) is 4. The normalized spacial score (nSPS) is 22.8. The van der Waals surface area contributed by atoms with Gasteiger partial charge in [-0.1, -0.05) is 6.07 Å². The first-order valence-corrected chi connectivity index (χ1v) is 11.6. The molecule has 3 aromatic rings. The summed E-state index contributed by atoms with van der Waals surface area (Å²) in [7, 11) is 0. The minimum Gasteiger partial charge on any atom is -0.354 e. The van der Waals surface area contributed by atoms with Crippen LogP contribution in [-0.2, 0) is 17.8 Å². The number of imidazole rings is 1. The number of rotatable bonds is 6. The van der Waals surface area contributed by atoms with E-state index in [1.165, 1.54) is 0 Å². The Hall–Kier alpha value is -2.78. The lowest BCUT2D eigenvalue weighted by Crippen LogP contribution is -2.53. The Labute approximate surface area is 184 Å². The molecular weight excluding hydrogens is 412 g/mol. The third-order valence-electron chi connectivity index (χ3n) is 6.42. The van der Waals surface area contributed by atoms with Crippen molar-refractivity contribution >= 4 is 17.2 Å². The van der Waals surface area contributed by atoms with Crippen molar-refractivity contribution in [1.29, 1.82) is 0 Å². The molecule has 31 heavy (non-hydrogen) atoms. The molecule has 8 nitrogen and oxygen atoms in total. The zero-order chi connectivity index (χ0) is 21.4. The molecule has 0 aromatic carbocycles. The van der Waals surface area contributed by atoms with Crippen LogP contribution in [0.25, 0.3) is 0 Å². The molecule has 0 spiro atoms. The van der Waals surface area contributed by atoms with Crippen molar-refractivity contribution in [3.63, 3.8) is 0 Å². The number of nitrogens with one attached hydrogen (secondary N) is 2. The maximum atomic E-state index is 13.3. The average Bonchev–Trinajstić information content (AvgIpc) is 3.41. The van der Waals surface area contributed by atoms with Gasteiger partial charge in [0.25, 0.3) is 5.56 Å². The van der Waals surface area contributed by atoms with E-state index in [0.29, 0.717) is 13.0 Å². The van der Waals surface area contributed by atoms with Crippen LogP contribution in [0.1, 0.15) is 40.5 Å². The van der Waals surface area contributed by atoms with Gasteiger partial charge in [-0.2, -0.15) is 0 Å². The SMILES string of the molecule is Cc1[nH]cnc1CN1C[C@@H]2C[C@H](C1)[C@H](C(=O)NCCc1nccs1)n1c2cccc1=O. The largest absolute Gasteiger partial charge is 0.354 e. The molecule has 0 saturated carbocycles. The van der Waals surface area contributed by atoms with Crippen molar-refractivity contribution in [3.8, 4) is 0 Å². The smallest absolute Gasteiger partial charge is 0.251 e. The maximum Gasteiger partial charge on any atom is 0.251 e. The summed E-state index contributed by atoms with van der Waals surface area (Å²) in [6.45, 7) is 4.93. The molecule has 1 saturated heterocycles. The number of pyridine rings is 1. The lowest BCUT2D eigenvalue weighted by molar-refractivity contribution is -0.127. The molecule has 2 aliphatic heterocycles. The van der Waals surface area contributed by atoms with Gasteiger partial charge in [0.05, 0.1) is 17.0 Å². The molecule has 1 fully saturated rings. The average molecular weight is 439 g/mol. The van der Waals surface area contributed by atoms with Crippen molar-refractivity contribution < 1.29 is 4.79 Å². The van der Waals surface area contributed by atoms with Gasteiger partial charge >= 0.3 is 0 Å². The molecule has 9 heteroatoms. The van der Waals surface area contributed by atoms with Crippen molar-refractivity contribution in [3.05, 3.63) is 68.5 Å². The summed E-state index contributed by atoms with van der Waals surface area (Å²) in [6.07, 6.45) is 5.12. The minimum absolute atomic E-state index is 0.0765. The number of H-pyrrole nitrogens is 1. The number of aryl methyl sites for hydroxylation is 1. The zero-order valence-corrected chi connectivity index (χ0v) is 18.3. The second kappa shape index (κ2) is 8.39. The van der Waals surface area contributed by atoms with Gasteiger partial charge in [-0.05, 0) is 19.4 Å². The Bertz CT molecular complexity index is 1120. The number of hydrogen-bond acceptors (Lipinski definition) is 6. The standard InChI is InChI=1S/C22H26N6O2S/c1-14-17(26-13-25-14)12-27-10-15-9-16(11-27)21(28-18(15)3-2-4-20(28)29)22(30)24-6-5-19-23-7-8-31-19/h2-4,7-8,13,15-16,21H,5-6,9-12H2,1H3,(H,24,30)(H,25,26)/t15-,16+,21+/m0/s1. The van der Waals surface area contributed by atoms with E-state index in [9.17, 15) is 9.59 Å². The number of thiazole rings is 1. The van der Waals surface area contributed by atoms with Gasteiger partial charge in [0.1, 0.15) is 6.04 Å². The van der Waals surface area contributed by atoms with E-state index in [2.05, 4.69) is 25.2 Å². The van der Waals surface area contributed by atoms with E-state index in [4.69, 9.17) is 0 Å². The summed E-state index contributed by atoms with van der Waals surface area (Å²) >= 11 is 1.59. The Morgan fingerprint density at radius 3 is 3.00 bits per heavy atom. The molecular formula is C22H26N6O2S. The molecule has 0 unspecified atom stereocenters. The summed E-state index contributed by atoms with van der Waals surface area (Å²) < 4.78 is 1.74. The number of carbonyl (C=O) groups excluding carboxylic acids is 1. The van der Waals surface area contributed by atoms with Crippen molar-refractivity contribution in [2.45, 2.75) is 38.3 Å². The van der Waals surface area contributed by atoms with Crippen LogP contribution < -0.4 is 10.9 Å². The van der Waals surface area contributed by atoms with Gasteiger partial charge in [0.2, 0.25) is 5.91 Å². The van der Waals surface area contributed by atoms with E-state index in [-0.39, 0.29) is 23.3 Å². The number of amides is 1. The van der Waals surface area contributed by atoms with Gasteiger partial charge in [0.15, 0.2) is 0 Å². The Kier molecular flexibility index (Phi) is 5.45. The van der Waals surface area contributed by atoms with Crippen LogP contribution in [0, 0.1) is 12.8 Å². The number of hydrogen-bond donors (Lipinski definition) is 2. The quantitative estimate of drug-likeness (QED) is 0.612. The van der Waals surface area contributed by atoms with Crippen LogP contribution in [-0.4, -0.2) is 50.0 Å². The second-order valence-electron chi connectivity index (χ2n) is 8.43. The van der Waals surface area contributed by atoms with Crippen LogP contribution in [0.4, 0.5) is 0 Å². The molecule has 2 N–H and O–H groups in total. The molecule has 1 amide bonds. The Morgan fingerprint density at radius 2 is 2.23 bits per heavy atom. The number of piperidine rings is 1. The predicted molar refractivity (Wildman–Crippen MR) is 118 cm³/mol. The lowest BCUT2D eigenvalue weighted by atomic mass is 9.78. The number of likely N-dealkylation sites (tertiary alicyclic amines) is 1. The van der Waals surface area contributed by atoms with Crippen molar-refractivity contribution in [1.82, 2.24) is 29.7 Å². The predicted octanol–water partition coefficient (Wildman–Crippen LogP) is 1.86. The number of aromatic nitrogens is 4. The zero-order valence-electron chi connectivity index (χ0n) is 17.5. The second-order valence-corrected chi connectivity index (χ2v) is 9.41. The van der Waals surface area contributed by atoms with Crippen LogP contribution in [0.2, 0.25) is 0 Å². The lowest BCUT2D eigenvalue weighted by Gasteiger charge is -2.46. The van der Waals surface area contributed by atoms with Crippen LogP contribution in [0.15, 0.2) is 40.9 Å². The van der Waals surface area contributed by atoms with Gasteiger partial charge in [-0.15, -0.1) is 11.3 Å². The number of fused-ring (bicyclic) bond motifs is 4. The summed E-state index contributed by atoms with van der Waals surface area (Å²) in [5.41, 5.74) is 2.98. The molecule has 3 aromatic heterocycles. The van der Waals surface area contributed by atoms with E-state index in [0.717, 1.165) is 48.1 Å². The first kappa shape index (κ1) is 20.1. The fraction of sp³-hybridized carbons (Fsp3) is 0.455. The Morgan fingerprint density at radius 1 is 1.32 bits per heavy atom. The highest BCUT2D eigenvalue weighted by Gasteiger charge is 2.43. The number of carbonyl (C=O) groups is 1. The molecule has 3 atom stereocenters. The maximum absolute atomic E-state index is 13.3. The van der Waals surface area contributed by atoms with Crippen LogP contribution >= 0.6 is 11.3 Å². The summed E-state index contributed by atoms with van der Waals surface area (Å²) in [5.74, 6) is 0.254. The highest BCUT2D eigenvalue weighted by atomic mass is 32.1. The van der Waals surface area contributed by atoms with Crippen LogP contribution in [0.5, 0.6) is 0 Å². The van der Waals surface area contributed by atoms with Gasteiger partial charge in [0, 0.05) is 73.5 Å². The third-order valence-corrected chi connectivity index (χ3v) is 7.26. The van der Waals surface area contributed by atoms with Gasteiger partial charge < -0.3 is 10.3 Å². The molecule has 0 aliphatic carbocycles. The molecule has 5 rings (SSSR count). The molecule has 5 heterocycles. The fourth-order valence-electron chi connectivity index (χ4n) is 5.03. The molecule has 0 radical (unpaired) electrons. The highest BCUT2D eigenvalue weighted by molar-refractivity contribution is 7.09. The van der Waals surface area contributed by atoms with E-state index < -0.39 is 6.04 Å². The minimum atomic E-state index is -0.487. The molecule has 2 aliphatic rings. The van der Waals surface area contributed by atoms with Crippen molar-refractivity contribution in [2.75, 3.05) is 19.6 Å². The highest BCUT2D eigenvalue weighted by Crippen LogP contribution is 2.41. The van der Waals surface area contributed by atoms with Crippen molar-refractivity contribution in [2.24, 2.45) is 5.92 Å². The summed E-state index contributed by atoms with van der Waals surface area (Å²) in [5, 5.41) is 6.00. The Balaban J connectivity index is 1.38. The first-order chi connectivity index (χ1) is 15.1. The van der Waals surface area contributed by atoms with Gasteiger partial charge in [-0.25, -0.2) is 9.97 Å². The van der Waals surface area contributed by atoms with Crippen LogP contribution in [0.3, 0.4) is 0 Å². The fourth-order valence-corrected chi connectivity index (χ4v) is 5.65. The number of aromatic amines is 1. The van der Waals surface area contributed by atoms with E-state index in [1.807, 2.05) is 24.4 Å². The van der Waals surface area contributed by atoms with E-state index in [1.54, 1.807) is 34.5 Å². The first-order valence-electron chi connectivity index (χ1n) is 10.7. The summed E-state index contributed by atoms with van der Waals surface area (Å²) in [4.78, 5) is 40.3. The third kappa shape index (κ3) is 3.95. The van der Waals surface area contributed by atoms with Gasteiger partial charge in [-0.3, -0.25) is 19.1 Å². The summed E-state index contributed by atoms with van der Waals surface area (Å²) in [6, 6.07) is 4.88. The topological polar surface area (TPSA) is 95.9 Å². The molecule has 162 valence electrons. The monoisotopic (exact) mass is 438 g/mol.